The molecular weight excluding hydrogens is 367 g/mol. The van der Waals surface area contributed by atoms with Crippen molar-refractivity contribution in [1.82, 2.24) is 15.5 Å². The zero-order valence-electron chi connectivity index (χ0n) is 14.9. The van der Waals surface area contributed by atoms with Gasteiger partial charge in [-0.15, -0.1) is 0 Å². The third-order valence-electron chi connectivity index (χ3n) is 3.58. The summed E-state index contributed by atoms with van der Waals surface area (Å²) in [5.74, 6) is -0.737. The zero-order valence-corrected chi connectivity index (χ0v) is 14.9. The Morgan fingerprint density at radius 2 is 1.89 bits per heavy atom. The number of ether oxygens (including phenoxy) is 1. The topological polar surface area (TPSA) is 106 Å². The first-order chi connectivity index (χ1) is 13.5. The van der Waals surface area contributed by atoms with E-state index in [0.717, 1.165) is 5.56 Å². The number of carbonyl (C=O) groups is 2. The normalized spacial score (nSPS) is 10.4. The average molecular weight is 384 g/mol. The highest BCUT2D eigenvalue weighted by Crippen LogP contribution is 2.24. The van der Waals surface area contributed by atoms with Gasteiger partial charge >= 0.3 is 11.8 Å². The Morgan fingerprint density at radius 3 is 2.64 bits per heavy atom. The summed E-state index contributed by atoms with van der Waals surface area (Å²) in [5.41, 5.74) is 1.24. The van der Waals surface area contributed by atoms with Crippen LogP contribution in [0.2, 0.25) is 0 Å². The van der Waals surface area contributed by atoms with Gasteiger partial charge in [-0.2, -0.15) is 4.98 Å². The number of aromatic nitrogens is 2. The molecule has 3 aromatic rings. The third kappa shape index (κ3) is 5.13. The number of carbonyl (C=O) groups excluding carboxylic acids is 2. The molecule has 0 radical (unpaired) electrons. The molecular formula is C19H17FN4O4. The molecule has 9 heteroatoms. The van der Waals surface area contributed by atoms with Gasteiger partial charge in [-0.25, -0.2) is 4.39 Å². The first-order valence-corrected chi connectivity index (χ1v) is 8.36. The molecule has 2 amide bonds. The molecule has 0 saturated heterocycles. The summed E-state index contributed by atoms with van der Waals surface area (Å²) in [6.07, 6.45) is 0. The fourth-order valence-electron chi connectivity index (χ4n) is 2.29. The highest BCUT2D eigenvalue weighted by Gasteiger charge is 2.15. The largest absolute Gasteiger partial charge is 0.483 e. The molecule has 28 heavy (non-hydrogen) atoms. The van der Waals surface area contributed by atoms with Crippen LogP contribution < -0.4 is 15.4 Å². The maximum atomic E-state index is 12.9. The molecule has 0 saturated carbocycles. The quantitative estimate of drug-likeness (QED) is 0.649. The van der Waals surface area contributed by atoms with Crippen molar-refractivity contribution in [3.63, 3.8) is 0 Å². The Morgan fingerprint density at radius 1 is 1.14 bits per heavy atom. The predicted molar refractivity (Wildman–Crippen MR) is 96.9 cm³/mol. The van der Waals surface area contributed by atoms with E-state index in [1.807, 2.05) is 0 Å². The van der Waals surface area contributed by atoms with Crippen molar-refractivity contribution in [3.05, 3.63) is 71.6 Å². The lowest BCUT2D eigenvalue weighted by molar-refractivity contribution is -0.114. The van der Waals surface area contributed by atoms with Gasteiger partial charge in [0.25, 0.3) is 0 Å². The second kappa shape index (κ2) is 8.76. The van der Waals surface area contributed by atoms with Crippen molar-refractivity contribution in [1.29, 1.82) is 0 Å². The van der Waals surface area contributed by atoms with Gasteiger partial charge < -0.3 is 19.9 Å². The standard InChI is InChI=1S/C19H17FN4O4/c1-12(25)22-15-4-2-3-5-16(15)27-11-17-23-19(28-24-17)18(26)21-10-13-6-8-14(20)9-7-13/h2-9H,10-11H2,1H3,(H,21,26)(H,22,25). The van der Waals surface area contributed by atoms with E-state index in [1.165, 1.54) is 19.1 Å². The summed E-state index contributed by atoms with van der Waals surface area (Å²) >= 11 is 0. The van der Waals surface area contributed by atoms with Crippen molar-refractivity contribution in [2.24, 2.45) is 0 Å². The number of nitrogens with zero attached hydrogens (tertiary/aromatic N) is 2. The molecule has 0 spiro atoms. The van der Waals surface area contributed by atoms with Crippen LogP contribution >= 0.6 is 0 Å². The molecule has 2 N–H and O–H groups in total. The van der Waals surface area contributed by atoms with E-state index in [2.05, 4.69) is 20.8 Å². The summed E-state index contributed by atoms with van der Waals surface area (Å²) in [6.45, 7) is 1.54. The molecule has 1 heterocycles. The Labute approximate surface area is 159 Å². The lowest BCUT2D eigenvalue weighted by atomic mass is 10.2. The first-order valence-electron chi connectivity index (χ1n) is 8.36. The van der Waals surface area contributed by atoms with Crippen LogP contribution in [0.3, 0.4) is 0 Å². The molecule has 0 aliphatic carbocycles. The molecule has 0 bridgehead atoms. The summed E-state index contributed by atoms with van der Waals surface area (Å²) < 4.78 is 23.4. The Hall–Kier alpha value is -3.75. The van der Waals surface area contributed by atoms with Gasteiger partial charge in [0.2, 0.25) is 11.7 Å². The molecule has 3 rings (SSSR count). The summed E-state index contributed by atoms with van der Waals surface area (Å²) in [4.78, 5) is 27.3. The Bertz CT molecular complexity index is 972. The molecule has 2 aromatic carbocycles. The fourth-order valence-corrected chi connectivity index (χ4v) is 2.29. The van der Waals surface area contributed by atoms with E-state index in [9.17, 15) is 14.0 Å². The number of nitrogens with one attached hydrogen (secondary N) is 2. The van der Waals surface area contributed by atoms with Gasteiger partial charge in [-0.1, -0.05) is 29.4 Å². The number of amides is 2. The number of para-hydroxylation sites is 2. The van der Waals surface area contributed by atoms with Crippen LogP contribution in [0, 0.1) is 5.82 Å². The molecule has 0 atom stereocenters. The maximum absolute atomic E-state index is 12.9. The van der Waals surface area contributed by atoms with Crippen molar-refractivity contribution >= 4 is 17.5 Å². The van der Waals surface area contributed by atoms with Gasteiger partial charge in [-0.05, 0) is 29.8 Å². The zero-order chi connectivity index (χ0) is 19.9. The minimum Gasteiger partial charge on any atom is -0.483 e. The maximum Gasteiger partial charge on any atom is 0.316 e. The number of rotatable bonds is 7. The highest BCUT2D eigenvalue weighted by atomic mass is 19.1. The smallest absolute Gasteiger partial charge is 0.316 e. The lowest BCUT2D eigenvalue weighted by Crippen LogP contribution is -2.23. The Balaban J connectivity index is 1.56. The van der Waals surface area contributed by atoms with Crippen molar-refractivity contribution < 1.29 is 23.2 Å². The van der Waals surface area contributed by atoms with E-state index >= 15 is 0 Å². The summed E-state index contributed by atoms with van der Waals surface area (Å²) in [5, 5.41) is 8.96. The Kier molecular flexibility index (Phi) is 5.95. The summed E-state index contributed by atoms with van der Waals surface area (Å²) in [7, 11) is 0. The second-order valence-electron chi connectivity index (χ2n) is 5.79. The number of benzene rings is 2. The van der Waals surface area contributed by atoms with Crippen LogP contribution in [0.25, 0.3) is 0 Å². The van der Waals surface area contributed by atoms with Crippen molar-refractivity contribution in [2.45, 2.75) is 20.1 Å². The molecule has 0 aliphatic heterocycles. The van der Waals surface area contributed by atoms with Crippen LogP contribution in [0.4, 0.5) is 10.1 Å². The van der Waals surface area contributed by atoms with E-state index in [1.54, 1.807) is 36.4 Å². The fraction of sp³-hybridized carbons (Fsp3) is 0.158. The van der Waals surface area contributed by atoms with Gasteiger partial charge in [-0.3, -0.25) is 9.59 Å². The van der Waals surface area contributed by atoms with Gasteiger partial charge in [0.05, 0.1) is 5.69 Å². The molecule has 0 aliphatic rings. The van der Waals surface area contributed by atoms with Gasteiger partial charge in [0.15, 0.2) is 6.61 Å². The lowest BCUT2D eigenvalue weighted by Gasteiger charge is -2.09. The van der Waals surface area contributed by atoms with E-state index in [0.29, 0.717) is 11.4 Å². The van der Waals surface area contributed by atoms with E-state index in [4.69, 9.17) is 9.26 Å². The number of hydrogen-bond donors (Lipinski definition) is 2. The van der Waals surface area contributed by atoms with E-state index < -0.39 is 5.91 Å². The van der Waals surface area contributed by atoms with Crippen LogP contribution in [0.15, 0.2) is 53.1 Å². The van der Waals surface area contributed by atoms with Gasteiger partial charge in [0, 0.05) is 13.5 Å². The number of halogens is 1. The first kappa shape index (κ1) is 19.0. The highest BCUT2D eigenvalue weighted by molar-refractivity contribution is 5.90. The number of hydrogen-bond acceptors (Lipinski definition) is 6. The SMILES string of the molecule is CC(=O)Nc1ccccc1OCc1noc(C(=O)NCc2ccc(F)cc2)n1. The molecule has 144 valence electrons. The van der Waals surface area contributed by atoms with Crippen molar-refractivity contribution in [2.75, 3.05) is 5.32 Å². The number of anilines is 1. The van der Waals surface area contributed by atoms with Crippen LogP contribution in [0.1, 0.15) is 29.0 Å². The second-order valence-corrected chi connectivity index (χ2v) is 5.79. The van der Waals surface area contributed by atoms with Crippen LogP contribution in [-0.2, 0) is 17.9 Å². The van der Waals surface area contributed by atoms with E-state index in [-0.39, 0.29) is 36.6 Å². The molecule has 0 fully saturated rings. The van der Waals surface area contributed by atoms with Crippen molar-refractivity contribution in [3.8, 4) is 5.75 Å². The van der Waals surface area contributed by atoms with Crippen LogP contribution in [-0.4, -0.2) is 22.0 Å². The van der Waals surface area contributed by atoms with Gasteiger partial charge in [0.1, 0.15) is 11.6 Å². The minimum absolute atomic E-state index is 0.0503. The average Bonchev–Trinajstić information content (AvgIpc) is 3.15. The molecule has 1 aromatic heterocycles. The molecule has 8 nitrogen and oxygen atoms in total. The monoisotopic (exact) mass is 384 g/mol. The predicted octanol–water partition coefficient (Wildman–Crippen LogP) is 2.68. The minimum atomic E-state index is -0.554. The molecule has 0 unspecified atom stereocenters. The summed E-state index contributed by atoms with van der Waals surface area (Å²) in [6, 6.07) is 12.6. The third-order valence-corrected chi connectivity index (χ3v) is 3.58. The van der Waals surface area contributed by atoms with Crippen LogP contribution in [0.5, 0.6) is 5.75 Å².